The van der Waals surface area contributed by atoms with E-state index in [9.17, 15) is 0 Å². The lowest BCUT2D eigenvalue weighted by Gasteiger charge is -2.11. The molecule has 0 saturated heterocycles. The first-order valence-electron chi connectivity index (χ1n) is 6.21. The van der Waals surface area contributed by atoms with Crippen molar-refractivity contribution in [3.05, 3.63) is 0 Å². The zero-order chi connectivity index (χ0) is 10.4. The summed E-state index contributed by atoms with van der Waals surface area (Å²) in [6.45, 7) is 6.62. The number of hydrogen-bond donors (Lipinski definition) is 2. The van der Waals surface area contributed by atoms with Crippen molar-refractivity contribution in [1.29, 1.82) is 0 Å². The van der Waals surface area contributed by atoms with Gasteiger partial charge in [-0.05, 0) is 50.6 Å². The Hall–Kier alpha value is -0.0800. The zero-order valence-corrected chi connectivity index (χ0v) is 9.76. The highest BCUT2D eigenvalue weighted by atomic mass is 15.0. The summed E-state index contributed by atoms with van der Waals surface area (Å²) in [6.07, 6.45) is 6.61. The minimum atomic E-state index is 0.793. The van der Waals surface area contributed by atoms with E-state index < -0.39 is 0 Å². The van der Waals surface area contributed by atoms with Crippen LogP contribution < -0.4 is 11.1 Å². The van der Waals surface area contributed by atoms with Crippen molar-refractivity contribution < 1.29 is 0 Å². The normalized spacial score (nSPS) is 27.6. The molecule has 1 rings (SSSR count). The molecule has 0 aliphatic heterocycles. The van der Waals surface area contributed by atoms with Crippen LogP contribution in [0.2, 0.25) is 0 Å². The summed E-state index contributed by atoms with van der Waals surface area (Å²) in [5.41, 5.74) is 5.49. The van der Waals surface area contributed by atoms with Crippen LogP contribution in [0.3, 0.4) is 0 Å². The van der Waals surface area contributed by atoms with Crippen molar-refractivity contribution >= 4 is 0 Å². The van der Waals surface area contributed by atoms with E-state index in [0.29, 0.717) is 0 Å². The van der Waals surface area contributed by atoms with Crippen molar-refractivity contribution in [3.63, 3.8) is 0 Å². The van der Waals surface area contributed by atoms with E-state index in [0.717, 1.165) is 24.4 Å². The highest BCUT2D eigenvalue weighted by Gasteiger charge is 2.35. The summed E-state index contributed by atoms with van der Waals surface area (Å²) in [4.78, 5) is 0. The molecule has 0 aromatic carbocycles. The largest absolute Gasteiger partial charge is 0.330 e. The lowest BCUT2D eigenvalue weighted by molar-refractivity contribution is 0.458. The maximum absolute atomic E-state index is 5.49. The predicted octanol–water partition coefficient (Wildman–Crippen LogP) is 2.14. The maximum atomic E-state index is 5.49. The van der Waals surface area contributed by atoms with Gasteiger partial charge >= 0.3 is 0 Å². The third-order valence-corrected chi connectivity index (χ3v) is 3.21. The van der Waals surface area contributed by atoms with E-state index in [1.807, 2.05) is 0 Å². The van der Waals surface area contributed by atoms with E-state index in [-0.39, 0.29) is 0 Å². The van der Waals surface area contributed by atoms with Crippen LogP contribution in [-0.4, -0.2) is 19.1 Å². The molecule has 0 heterocycles. The summed E-state index contributed by atoms with van der Waals surface area (Å²) < 4.78 is 0. The van der Waals surface area contributed by atoms with Gasteiger partial charge in [-0.15, -0.1) is 0 Å². The fourth-order valence-electron chi connectivity index (χ4n) is 2.11. The molecule has 1 fully saturated rings. The lowest BCUT2D eigenvalue weighted by atomic mass is 10.1. The minimum Gasteiger partial charge on any atom is -0.330 e. The Morgan fingerprint density at radius 3 is 2.93 bits per heavy atom. The number of hydrogen-bond acceptors (Lipinski definition) is 2. The smallest absolute Gasteiger partial charge is 0.00992 e. The Balaban J connectivity index is 1.94. The molecule has 0 aromatic heterocycles. The second-order valence-corrected chi connectivity index (χ2v) is 4.84. The average molecular weight is 198 g/mol. The minimum absolute atomic E-state index is 0.793. The molecule has 2 heteroatoms. The molecule has 0 spiro atoms. The van der Waals surface area contributed by atoms with Crippen molar-refractivity contribution in [2.75, 3.05) is 13.1 Å². The van der Waals surface area contributed by atoms with E-state index in [1.54, 1.807) is 0 Å². The van der Waals surface area contributed by atoms with Gasteiger partial charge in [0.25, 0.3) is 0 Å². The SMILES string of the molecule is CCCC1CC1NCC(C)CCCN. The van der Waals surface area contributed by atoms with Crippen molar-refractivity contribution in [1.82, 2.24) is 5.32 Å². The van der Waals surface area contributed by atoms with Crippen LogP contribution in [0.25, 0.3) is 0 Å². The van der Waals surface area contributed by atoms with Gasteiger partial charge in [-0.1, -0.05) is 20.3 Å². The molecular formula is C12H26N2. The van der Waals surface area contributed by atoms with Crippen LogP contribution in [0.5, 0.6) is 0 Å². The number of nitrogens with two attached hydrogens (primary N) is 1. The summed E-state index contributed by atoms with van der Waals surface area (Å²) in [5.74, 6) is 1.78. The summed E-state index contributed by atoms with van der Waals surface area (Å²) in [6, 6.07) is 0.843. The van der Waals surface area contributed by atoms with E-state index in [4.69, 9.17) is 5.73 Å². The van der Waals surface area contributed by atoms with Gasteiger partial charge in [-0.3, -0.25) is 0 Å². The molecule has 2 nitrogen and oxygen atoms in total. The predicted molar refractivity (Wildman–Crippen MR) is 62.3 cm³/mol. The van der Waals surface area contributed by atoms with Crippen LogP contribution in [-0.2, 0) is 0 Å². The van der Waals surface area contributed by atoms with E-state index in [1.165, 1.54) is 38.6 Å². The van der Waals surface area contributed by atoms with Crippen LogP contribution in [0, 0.1) is 11.8 Å². The quantitative estimate of drug-likeness (QED) is 0.627. The van der Waals surface area contributed by atoms with Crippen molar-refractivity contribution in [3.8, 4) is 0 Å². The van der Waals surface area contributed by atoms with Gasteiger partial charge in [-0.25, -0.2) is 0 Å². The molecule has 1 aliphatic carbocycles. The lowest BCUT2D eigenvalue weighted by Crippen LogP contribution is -2.24. The molecule has 1 aliphatic rings. The first kappa shape index (κ1) is 12.0. The zero-order valence-electron chi connectivity index (χ0n) is 9.76. The topological polar surface area (TPSA) is 38.0 Å². The van der Waals surface area contributed by atoms with E-state index in [2.05, 4.69) is 19.2 Å². The molecule has 0 aromatic rings. The Labute approximate surface area is 88.6 Å². The van der Waals surface area contributed by atoms with Crippen LogP contribution in [0.15, 0.2) is 0 Å². The summed E-state index contributed by atoms with van der Waals surface area (Å²) >= 11 is 0. The van der Waals surface area contributed by atoms with Crippen molar-refractivity contribution in [2.24, 2.45) is 17.6 Å². The Kier molecular flexibility index (Phi) is 5.49. The Bertz CT molecular complexity index is 145. The van der Waals surface area contributed by atoms with Gasteiger partial charge in [-0.2, -0.15) is 0 Å². The fourth-order valence-corrected chi connectivity index (χ4v) is 2.11. The van der Waals surface area contributed by atoms with Crippen molar-refractivity contribution in [2.45, 2.75) is 52.0 Å². The van der Waals surface area contributed by atoms with Crippen LogP contribution in [0.1, 0.15) is 46.0 Å². The highest BCUT2D eigenvalue weighted by Crippen LogP contribution is 2.34. The average Bonchev–Trinajstić information content (AvgIpc) is 2.91. The van der Waals surface area contributed by atoms with Crippen LogP contribution >= 0.6 is 0 Å². The number of rotatable bonds is 8. The maximum Gasteiger partial charge on any atom is 0.00992 e. The Morgan fingerprint density at radius 1 is 1.50 bits per heavy atom. The molecule has 0 bridgehead atoms. The molecule has 0 amide bonds. The van der Waals surface area contributed by atoms with Gasteiger partial charge in [0.1, 0.15) is 0 Å². The standard InChI is InChI=1S/C12H26N2/c1-3-5-11-8-12(11)14-9-10(2)6-4-7-13/h10-12,14H,3-9,13H2,1-2H3. The fraction of sp³-hybridized carbons (Fsp3) is 1.00. The molecule has 14 heavy (non-hydrogen) atoms. The van der Waals surface area contributed by atoms with Gasteiger partial charge in [0, 0.05) is 6.04 Å². The Morgan fingerprint density at radius 2 is 2.29 bits per heavy atom. The van der Waals surface area contributed by atoms with Gasteiger partial charge < -0.3 is 11.1 Å². The van der Waals surface area contributed by atoms with Gasteiger partial charge in [0.05, 0.1) is 0 Å². The second kappa shape index (κ2) is 6.41. The third kappa shape index (κ3) is 4.43. The molecule has 0 radical (unpaired) electrons. The molecule has 1 saturated carbocycles. The van der Waals surface area contributed by atoms with E-state index >= 15 is 0 Å². The first-order valence-corrected chi connectivity index (χ1v) is 6.21. The third-order valence-electron chi connectivity index (χ3n) is 3.21. The highest BCUT2D eigenvalue weighted by molar-refractivity contribution is 4.92. The molecule has 3 unspecified atom stereocenters. The monoisotopic (exact) mass is 198 g/mol. The molecule has 84 valence electrons. The number of nitrogens with one attached hydrogen (secondary N) is 1. The molecule has 3 N–H and O–H groups in total. The first-order chi connectivity index (χ1) is 6.77. The summed E-state index contributed by atoms with van der Waals surface area (Å²) in [5, 5.41) is 3.66. The van der Waals surface area contributed by atoms with Gasteiger partial charge in [0.2, 0.25) is 0 Å². The van der Waals surface area contributed by atoms with Gasteiger partial charge in [0.15, 0.2) is 0 Å². The summed E-state index contributed by atoms with van der Waals surface area (Å²) in [7, 11) is 0. The second-order valence-electron chi connectivity index (χ2n) is 4.84. The molecule has 3 atom stereocenters. The molecular weight excluding hydrogens is 172 g/mol. The van der Waals surface area contributed by atoms with Crippen LogP contribution in [0.4, 0.5) is 0 Å².